The fourth-order valence-corrected chi connectivity index (χ4v) is 2.16. The summed E-state index contributed by atoms with van der Waals surface area (Å²) in [4.78, 5) is 7.10. The molecule has 0 saturated heterocycles. The van der Waals surface area contributed by atoms with E-state index < -0.39 is 0 Å². The van der Waals surface area contributed by atoms with Crippen molar-refractivity contribution in [3.63, 3.8) is 0 Å². The van der Waals surface area contributed by atoms with Crippen molar-refractivity contribution in [1.29, 1.82) is 0 Å². The van der Waals surface area contributed by atoms with Crippen LogP contribution in [-0.4, -0.2) is 17.1 Å². The molecule has 4 nitrogen and oxygen atoms in total. The average molecular weight is 296 g/mol. The number of aromatic nitrogens is 2. The van der Waals surface area contributed by atoms with E-state index in [1.165, 1.54) is 5.56 Å². The Morgan fingerprint density at radius 3 is 2.88 bits per heavy atom. The second kappa shape index (κ2) is 5.23. The number of H-pyrrole nitrogens is 1. The molecular formula is C12H14BrN3O. The van der Waals surface area contributed by atoms with Crippen LogP contribution >= 0.6 is 15.9 Å². The van der Waals surface area contributed by atoms with E-state index in [1.54, 1.807) is 7.11 Å². The van der Waals surface area contributed by atoms with Crippen molar-refractivity contribution in [3.8, 4) is 5.75 Å². The third-order valence-electron chi connectivity index (χ3n) is 2.54. The van der Waals surface area contributed by atoms with Crippen LogP contribution in [0.2, 0.25) is 0 Å². The number of hydrogen-bond donors (Lipinski definition) is 2. The van der Waals surface area contributed by atoms with Crippen LogP contribution in [0.5, 0.6) is 5.75 Å². The molecule has 90 valence electrons. The fraction of sp³-hybridized carbons (Fsp3) is 0.250. The Bertz CT molecular complexity index is 510. The van der Waals surface area contributed by atoms with Gasteiger partial charge in [-0.1, -0.05) is 12.1 Å². The minimum Gasteiger partial charge on any atom is -0.497 e. The molecule has 17 heavy (non-hydrogen) atoms. The molecule has 1 aromatic heterocycles. The Labute approximate surface area is 108 Å². The van der Waals surface area contributed by atoms with Gasteiger partial charge in [0.2, 0.25) is 0 Å². The van der Waals surface area contributed by atoms with Crippen LogP contribution in [0.25, 0.3) is 0 Å². The van der Waals surface area contributed by atoms with Gasteiger partial charge in [0, 0.05) is 0 Å². The highest BCUT2D eigenvalue weighted by molar-refractivity contribution is 9.10. The van der Waals surface area contributed by atoms with Gasteiger partial charge in [0.05, 0.1) is 12.8 Å². The summed E-state index contributed by atoms with van der Waals surface area (Å²) in [5, 5.41) is 0. The maximum absolute atomic E-state index is 5.58. The molecule has 2 rings (SSSR count). The molecular weight excluding hydrogens is 282 g/mol. The highest BCUT2D eigenvalue weighted by Crippen LogP contribution is 2.18. The lowest BCUT2D eigenvalue weighted by molar-refractivity contribution is 0.414. The van der Waals surface area contributed by atoms with Crippen molar-refractivity contribution >= 4 is 21.9 Å². The summed E-state index contributed by atoms with van der Waals surface area (Å²) in [6.07, 6.45) is 1.77. The number of aromatic amines is 1. The number of rotatable bonds is 4. The van der Waals surface area contributed by atoms with E-state index in [4.69, 9.17) is 10.5 Å². The smallest absolute Gasteiger partial charge is 0.198 e. The predicted octanol–water partition coefficient (Wildman–Crippen LogP) is 2.55. The molecule has 0 aliphatic heterocycles. The van der Waals surface area contributed by atoms with Crippen LogP contribution < -0.4 is 10.5 Å². The first-order valence-corrected chi connectivity index (χ1v) is 6.11. The van der Waals surface area contributed by atoms with Gasteiger partial charge in [0.25, 0.3) is 0 Å². The summed E-state index contributed by atoms with van der Waals surface area (Å²) in [5.41, 5.74) is 7.82. The van der Waals surface area contributed by atoms with E-state index >= 15 is 0 Å². The van der Waals surface area contributed by atoms with Gasteiger partial charge < -0.3 is 15.5 Å². The topological polar surface area (TPSA) is 63.9 Å². The number of nitrogens with one attached hydrogen (secondary N) is 1. The Morgan fingerprint density at radius 1 is 1.41 bits per heavy atom. The van der Waals surface area contributed by atoms with Crippen LogP contribution in [0.4, 0.5) is 5.95 Å². The molecule has 0 radical (unpaired) electrons. The number of methoxy groups -OCH3 is 1. The standard InChI is InChI=1S/C12H14BrN3O/c1-17-9-4-2-3-8(7-9)5-6-10-11(13)16-12(14)15-10/h2-4,7H,5-6H2,1H3,(H3,14,15,16). The highest BCUT2D eigenvalue weighted by atomic mass is 79.9. The summed E-state index contributed by atoms with van der Waals surface area (Å²) in [6, 6.07) is 8.04. The van der Waals surface area contributed by atoms with E-state index in [0.29, 0.717) is 5.95 Å². The van der Waals surface area contributed by atoms with E-state index in [1.807, 2.05) is 18.2 Å². The third kappa shape index (κ3) is 3.00. The number of benzene rings is 1. The molecule has 0 aliphatic carbocycles. The number of ether oxygens (including phenoxy) is 1. The minimum absolute atomic E-state index is 0.442. The quantitative estimate of drug-likeness (QED) is 0.911. The minimum atomic E-state index is 0.442. The molecule has 0 fully saturated rings. The highest BCUT2D eigenvalue weighted by Gasteiger charge is 2.06. The number of aryl methyl sites for hydroxylation is 2. The Hall–Kier alpha value is -1.49. The first-order chi connectivity index (χ1) is 8.19. The summed E-state index contributed by atoms with van der Waals surface area (Å²) < 4.78 is 5.98. The first-order valence-electron chi connectivity index (χ1n) is 5.32. The summed E-state index contributed by atoms with van der Waals surface area (Å²) in [7, 11) is 1.67. The Balaban J connectivity index is 2.04. The van der Waals surface area contributed by atoms with Crippen molar-refractivity contribution in [2.75, 3.05) is 12.8 Å². The van der Waals surface area contributed by atoms with Crippen LogP contribution in [0, 0.1) is 0 Å². The molecule has 5 heteroatoms. The molecule has 2 aromatic rings. The number of nitrogens with zero attached hydrogens (tertiary/aromatic N) is 1. The molecule has 0 aliphatic rings. The molecule has 0 unspecified atom stereocenters. The molecule has 1 heterocycles. The zero-order valence-electron chi connectivity index (χ0n) is 9.53. The molecule has 3 N–H and O–H groups in total. The van der Waals surface area contributed by atoms with Gasteiger partial charge in [-0.2, -0.15) is 0 Å². The lowest BCUT2D eigenvalue weighted by Gasteiger charge is -2.03. The predicted molar refractivity (Wildman–Crippen MR) is 71.1 cm³/mol. The SMILES string of the molecule is COc1cccc(CCc2[nH]c(N)nc2Br)c1. The Kier molecular flexibility index (Phi) is 3.68. The fourth-order valence-electron chi connectivity index (χ4n) is 1.67. The molecule has 0 bridgehead atoms. The van der Waals surface area contributed by atoms with Gasteiger partial charge in [-0.15, -0.1) is 0 Å². The molecule has 0 spiro atoms. The van der Waals surface area contributed by atoms with E-state index in [9.17, 15) is 0 Å². The van der Waals surface area contributed by atoms with Crippen molar-refractivity contribution < 1.29 is 4.74 Å². The number of nitrogens with two attached hydrogens (primary N) is 1. The number of anilines is 1. The van der Waals surface area contributed by atoms with Gasteiger partial charge in [-0.05, 0) is 46.5 Å². The van der Waals surface area contributed by atoms with Crippen LogP contribution in [-0.2, 0) is 12.8 Å². The average Bonchev–Trinajstić information content (AvgIpc) is 2.65. The molecule has 0 amide bonds. The first kappa shape index (κ1) is 12.0. The lowest BCUT2D eigenvalue weighted by Crippen LogP contribution is -1.94. The van der Waals surface area contributed by atoms with Crippen molar-refractivity contribution in [2.45, 2.75) is 12.8 Å². The molecule has 0 atom stereocenters. The van der Waals surface area contributed by atoms with Crippen LogP contribution in [0.15, 0.2) is 28.9 Å². The maximum Gasteiger partial charge on any atom is 0.198 e. The third-order valence-corrected chi connectivity index (χ3v) is 3.20. The van der Waals surface area contributed by atoms with Gasteiger partial charge in [0.15, 0.2) is 5.95 Å². The van der Waals surface area contributed by atoms with E-state index in [-0.39, 0.29) is 0 Å². The van der Waals surface area contributed by atoms with Gasteiger partial charge in [0.1, 0.15) is 10.4 Å². The van der Waals surface area contributed by atoms with Crippen molar-refractivity contribution in [1.82, 2.24) is 9.97 Å². The lowest BCUT2D eigenvalue weighted by atomic mass is 10.1. The van der Waals surface area contributed by atoms with Crippen molar-refractivity contribution in [3.05, 3.63) is 40.1 Å². The van der Waals surface area contributed by atoms with E-state index in [0.717, 1.165) is 28.9 Å². The number of halogens is 1. The van der Waals surface area contributed by atoms with Gasteiger partial charge in [-0.25, -0.2) is 4.98 Å². The number of hydrogen-bond acceptors (Lipinski definition) is 3. The Morgan fingerprint density at radius 2 is 2.24 bits per heavy atom. The summed E-state index contributed by atoms with van der Waals surface area (Å²) >= 11 is 3.37. The monoisotopic (exact) mass is 295 g/mol. The summed E-state index contributed by atoms with van der Waals surface area (Å²) in [5.74, 6) is 1.32. The summed E-state index contributed by atoms with van der Waals surface area (Å²) in [6.45, 7) is 0. The number of imidazole rings is 1. The van der Waals surface area contributed by atoms with Crippen LogP contribution in [0.3, 0.4) is 0 Å². The molecule has 0 saturated carbocycles. The normalized spacial score (nSPS) is 10.5. The number of nitrogen functional groups attached to an aromatic ring is 1. The second-order valence-corrected chi connectivity index (χ2v) is 4.49. The maximum atomic E-state index is 5.58. The van der Waals surface area contributed by atoms with Crippen molar-refractivity contribution in [2.24, 2.45) is 0 Å². The van der Waals surface area contributed by atoms with Gasteiger partial charge in [-0.3, -0.25) is 0 Å². The zero-order valence-corrected chi connectivity index (χ0v) is 11.1. The van der Waals surface area contributed by atoms with Crippen LogP contribution in [0.1, 0.15) is 11.3 Å². The van der Waals surface area contributed by atoms with Gasteiger partial charge >= 0.3 is 0 Å². The van der Waals surface area contributed by atoms with E-state index in [2.05, 4.69) is 32.0 Å². The largest absolute Gasteiger partial charge is 0.497 e. The second-order valence-electron chi connectivity index (χ2n) is 3.74. The zero-order chi connectivity index (χ0) is 12.3. The molecule has 1 aromatic carbocycles.